The highest BCUT2D eigenvalue weighted by atomic mass is 32.2. The fraction of sp³-hybridized carbons (Fsp3) is 0.292. The van der Waals surface area contributed by atoms with E-state index in [1.807, 2.05) is 48.5 Å². The zero-order valence-electron chi connectivity index (χ0n) is 18.1. The largest absolute Gasteiger partial charge is 0.372 e. The first kappa shape index (κ1) is 22.6. The Morgan fingerprint density at radius 2 is 1.65 bits per heavy atom. The second kappa shape index (κ2) is 10.3. The van der Waals surface area contributed by atoms with Crippen LogP contribution in [0.5, 0.6) is 0 Å². The summed E-state index contributed by atoms with van der Waals surface area (Å²) in [7, 11) is 0. The van der Waals surface area contributed by atoms with Gasteiger partial charge < -0.3 is 10.2 Å². The molecule has 0 atom stereocenters. The Kier molecular flexibility index (Phi) is 7.52. The SMILES string of the molecule is CCc1ccc(NC(=O)CN2C(=O)S/C(=C/c3ccc(N(CC)CC)cc3)C2=O)cc1. The van der Waals surface area contributed by atoms with Crippen molar-refractivity contribution in [3.8, 4) is 0 Å². The van der Waals surface area contributed by atoms with Gasteiger partial charge in [-0.1, -0.05) is 31.2 Å². The van der Waals surface area contributed by atoms with Crippen LogP contribution in [0.25, 0.3) is 6.08 Å². The summed E-state index contributed by atoms with van der Waals surface area (Å²) in [5.41, 5.74) is 3.75. The summed E-state index contributed by atoms with van der Waals surface area (Å²) >= 11 is 0.857. The van der Waals surface area contributed by atoms with Crippen LogP contribution in [0.4, 0.5) is 16.2 Å². The molecule has 1 saturated heterocycles. The number of rotatable bonds is 8. The van der Waals surface area contributed by atoms with Crippen molar-refractivity contribution in [1.82, 2.24) is 4.90 Å². The second-order valence-corrected chi connectivity index (χ2v) is 8.12. The maximum absolute atomic E-state index is 12.7. The third-order valence-corrected chi connectivity index (χ3v) is 6.05. The van der Waals surface area contributed by atoms with E-state index in [0.29, 0.717) is 10.6 Å². The molecule has 162 valence electrons. The van der Waals surface area contributed by atoms with E-state index in [0.717, 1.165) is 47.4 Å². The van der Waals surface area contributed by atoms with Crippen molar-refractivity contribution in [2.24, 2.45) is 0 Å². The molecule has 1 heterocycles. The zero-order valence-corrected chi connectivity index (χ0v) is 18.9. The number of nitrogens with zero attached hydrogens (tertiary/aromatic N) is 2. The van der Waals surface area contributed by atoms with Gasteiger partial charge in [-0.05, 0) is 73.5 Å². The molecule has 6 nitrogen and oxygen atoms in total. The van der Waals surface area contributed by atoms with Gasteiger partial charge >= 0.3 is 0 Å². The van der Waals surface area contributed by atoms with E-state index in [2.05, 4.69) is 31.0 Å². The van der Waals surface area contributed by atoms with Gasteiger partial charge in [0.25, 0.3) is 11.1 Å². The van der Waals surface area contributed by atoms with Crippen molar-refractivity contribution in [1.29, 1.82) is 0 Å². The number of benzene rings is 2. The summed E-state index contributed by atoms with van der Waals surface area (Å²) in [6, 6.07) is 15.3. The van der Waals surface area contributed by atoms with E-state index in [-0.39, 0.29) is 6.54 Å². The number of thioether (sulfide) groups is 1. The fourth-order valence-electron chi connectivity index (χ4n) is 3.33. The molecule has 0 radical (unpaired) electrons. The van der Waals surface area contributed by atoms with Gasteiger partial charge in [0.15, 0.2) is 0 Å². The smallest absolute Gasteiger partial charge is 0.294 e. The maximum atomic E-state index is 12.7. The first-order chi connectivity index (χ1) is 14.9. The molecule has 3 rings (SSSR count). The molecule has 1 aliphatic rings. The van der Waals surface area contributed by atoms with Crippen LogP contribution in [0.3, 0.4) is 0 Å². The minimum atomic E-state index is -0.445. The Bertz CT molecular complexity index is 980. The van der Waals surface area contributed by atoms with Crippen LogP contribution < -0.4 is 10.2 Å². The number of nitrogens with one attached hydrogen (secondary N) is 1. The minimum Gasteiger partial charge on any atom is -0.372 e. The van der Waals surface area contributed by atoms with Crippen molar-refractivity contribution >= 4 is 46.3 Å². The van der Waals surface area contributed by atoms with E-state index >= 15 is 0 Å². The molecular formula is C24H27N3O3S. The molecule has 7 heteroatoms. The van der Waals surface area contributed by atoms with Crippen LogP contribution in [-0.2, 0) is 16.0 Å². The Morgan fingerprint density at radius 3 is 2.23 bits per heavy atom. The van der Waals surface area contributed by atoms with Crippen LogP contribution in [0.2, 0.25) is 0 Å². The third-order valence-electron chi connectivity index (χ3n) is 5.14. The van der Waals surface area contributed by atoms with E-state index in [9.17, 15) is 14.4 Å². The Balaban J connectivity index is 1.65. The van der Waals surface area contributed by atoms with E-state index < -0.39 is 17.1 Å². The van der Waals surface area contributed by atoms with Gasteiger partial charge in [0.2, 0.25) is 5.91 Å². The standard InChI is InChI=1S/C24H27N3O3S/c1-4-17-7-11-19(12-8-17)25-22(28)16-27-23(29)21(31-24(27)30)15-18-9-13-20(14-10-18)26(5-2)6-3/h7-15H,4-6,16H2,1-3H3,(H,25,28)/b21-15+. The monoisotopic (exact) mass is 437 g/mol. The predicted octanol–water partition coefficient (Wildman–Crippen LogP) is 4.77. The van der Waals surface area contributed by atoms with Gasteiger partial charge in [-0.15, -0.1) is 0 Å². The molecule has 1 fully saturated rings. The Morgan fingerprint density at radius 1 is 1.00 bits per heavy atom. The van der Waals surface area contributed by atoms with Crippen molar-refractivity contribution < 1.29 is 14.4 Å². The van der Waals surface area contributed by atoms with Crippen molar-refractivity contribution in [3.63, 3.8) is 0 Å². The second-order valence-electron chi connectivity index (χ2n) is 7.13. The summed E-state index contributed by atoms with van der Waals surface area (Å²) in [6.07, 6.45) is 2.60. The van der Waals surface area contributed by atoms with E-state index in [4.69, 9.17) is 0 Å². The van der Waals surface area contributed by atoms with Gasteiger partial charge in [0, 0.05) is 24.5 Å². The first-order valence-corrected chi connectivity index (χ1v) is 11.3. The molecule has 0 saturated carbocycles. The van der Waals surface area contributed by atoms with Crippen LogP contribution in [0.1, 0.15) is 31.9 Å². The number of anilines is 2. The molecule has 3 amide bonds. The summed E-state index contributed by atoms with van der Waals surface area (Å²) in [6.45, 7) is 7.78. The lowest BCUT2D eigenvalue weighted by atomic mass is 10.1. The minimum absolute atomic E-state index is 0.307. The average Bonchev–Trinajstić information content (AvgIpc) is 3.03. The predicted molar refractivity (Wildman–Crippen MR) is 127 cm³/mol. The van der Waals surface area contributed by atoms with Crippen molar-refractivity contribution in [3.05, 3.63) is 64.6 Å². The lowest BCUT2D eigenvalue weighted by molar-refractivity contribution is -0.127. The summed E-state index contributed by atoms with van der Waals surface area (Å²) in [5, 5.41) is 2.30. The van der Waals surface area contributed by atoms with Crippen LogP contribution >= 0.6 is 11.8 Å². The van der Waals surface area contributed by atoms with Crippen molar-refractivity contribution in [2.45, 2.75) is 27.2 Å². The molecule has 0 bridgehead atoms. The number of hydrogen-bond donors (Lipinski definition) is 1. The van der Waals surface area contributed by atoms with Crippen LogP contribution in [0.15, 0.2) is 53.4 Å². The normalized spacial score (nSPS) is 14.9. The molecule has 0 unspecified atom stereocenters. The molecule has 0 aromatic heterocycles. The zero-order chi connectivity index (χ0) is 22.4. The molecule has 1 aliphatic heterocycles. The summed E-state index contributed by atoms with van der Waals surface area (Å²) < 4.78 is 0. The van der Waals surface area contributed by atoms with E-state index in [1.165, 1.54) is 5.56 Å². The van der Waals surface area contributed by atoms with Gasteiger partial charge in [0.1, 0.15) is 6.54 Å². The number of hydrogen-bond acceptors (Lipinski definition) is 5. The van der Waals surface area contributed by atoms with Crippen LogP contribution in [0, 0.1) is 0 Å². The molecule has 1 N–H and O–H groups in total. The molecule has 2 aromatic rings. The number of carbonyl (C=O) groups is 3. The average molecular weight is 438 g/mol. The molecular weight excluding hydrogens is 410 g/mol. The van der Waals surface area contributed by atoms with Gasteiger partial charge in [0.05, 0.1) is 4.91 Å². The van der Waals surface area contributed by atoms with Crippen LogP contribution in [-0.4, -0.2) is 41.6 Å². The highest BCUT2D eigenvalue weighted by Gasteiger charge is 2.36. The Hall–Kier alpha value is -3.06. The first-order valence-electron chi connectivity index (χ1n) is 10.4. The highest BCUT2D eigenvalue weighted by Crippen LogP contribution is 2.32. The number of imide groups is 1. The number of carbonyl (C=O) groups excluding carboxylic acids is 3. The molecule has 0 spiro atoms. The number of amides is 3. The molecule has 0 aliphatic carbocycles. The quantitative estimate of drug-likeness (QED) is 0.603. The number of aryl methyl sites for hydroxylation is 1. The molecule has 2 aromatic carbocycles. The Labute approximate surface area is 187 Å². The van der Waals surface area contributed by atoms with Gasteiger partial charge in [-0.3, -0.25) is 19.3 Å². The lowest BCUT2D eigenvalue weighted by Gasteiger charge is -2.20. The topological polar surface area (TPSA) is 69.7 Å². The van der Waals surface area contributed by atoms with Gasteiger partial charge in [-0.25, -0.2) is 0 Å². The van der Waals surface area contributed by atoms with E-state index in [1.54, 1.807) is 6.08 Å². The lowest BCUT2D eigenvalue weighted by Crippen LogP contribution is -2.36. The summed E-state index contributed by atoms with van der Waals surface area (Å²) in [4.78, 5) is 40.9. The molecule has 31 heavy (non-hydrogen) atoms. The fourth-order valence-corrected chi connectivity index (χ4v) is 4.16. The van der Waals surface area contributed by atoms with Gasteiger partial charge in [-0.2, -0.15) is 0 Å². The summed E-state index contributed by atoms with van der Waals surface area (Å²) in [5.74, 6) is -0.851. The van der Waals surface area contributed by atoms with Crippen molar-refractivity contribution in [2.75, 3.05) is 29.9 Å². The highest BCUT2D eigenvalue weighted by molar-refractivity contribution is 8.18. The third kappa shape index (κ3) is 5.55. The maximum Gasteiger partial charge on any atom is 0.294 e.